The molecule has 0 spiro atoms. The molecule has 360 valence electrons. The van der Waals surface area contributed by atoms with Gasteiger partial charge >= 0.3 is 11.9 Å². The van der Waals surface area contributed by atoms with E-state index in [0.717, 1.165) is 64.2 Å². The van der Waals surface area contributed by atoms with Crippen LogP contribution in [0.5, 0.6) is 0 Å². The van der Waals surface area contributed by atoms with Crippen molar-refractivity contribution < 1.29 is 24.2 Å². The Kier molecular flexibility index (Phi) is 50.9. The van der Waals surface area contributed by atoms with Gasteiger partial charge in [0.1, 0.15) is 6.61 Å². The molecule has 0 aromatic heterocycles. The Morgan fingerprint density at radius 2 is 0.645 bits per heavy atom. The number of rotatable bonds is 49. The molecule has 0 saturated heterocycles. The number of unbranched alkanes of at least 4 members (excludes halogenated alkanes) is 31. The van der Waals surface area contributed by atoms with Crippen molar-refractivity contribution in [2.45, 2.75) is 277 Å². The van der Waals surface area contributed by atoms with Crippen LogP contribution < -0.4 is 0 Å². The summed E-state index contributed by atoms with van der Waals surface area (Å²) in [5, 5.41) is 9.63. The van der Waals surface area contributed by atoms with Gasteiger partial charge < -0.3 is 14.6 Å². The summed E-state index contributed by atoms with van der Waals surface area (Å²) in [7, 11) is 0. The number of carbonyl (C=O) groups is 2. The first-order chi connectivity index (χ1) is 30.6. The molecule has 5 heteroatoms. The average molecular weight is 867 g/mol. The first-order valence-electron chi connectivity index (χ1n) is 26.8. The second-order valence-electron chi connectivity index (χ2n) is 17.9. The largest absolute Gasteiger partial charge is 0.462 e. The number of ether oxygens (including phenoxy) is 2. The molecule has 0 aliphatic heterocycles. The predicted molar refractivity (Wildman–Crippen MR) is 270 cm³/mol. The summed E-state index contributed by atoms with van der Waals surface area (Å²) >= 11 is 0. The summed E-state index contributed by atoms with van der Waals surface area (Å²) in [4.78, 5) is 24.5. The van der Waals surface area contributed by atoms with E-state index in [1.165, 1.54) is 180 Å². The van der Waals surface area contributed by atoms with Crippen LogP contribution >= 0.6 is 0 Å². The highest BCUT2D eigenvalue weighted by molar-refractivity contribution is 5.70. The zero-order valence-corrected chi connectivity index (χ0v) is 41.1. The van der Waals surface area contributed by atoms with E-state index >= 15 is 0 Å². The fraction of sp³-hybridized carbons (Fsp3) is 0.789. The molecule has 0 aromatic carbocycles. The highest BCUT2D eigenvalue weighted by Crippen LogP contribution is 2.15. The molecule has 0 rings (SSSR count). The maximum atomic E-state index is 12.3. The van der Waals surface area contributed by atoms with Crippen molar-refractivity contribution in [2.75, 3.05) is 13.2 Å². The van der Waals surface area contributed by atoms with E-state index < -0.39 is 6.10 Å². The van der Waals surface area contributed by atoms with Gasteiger partial charge in [-0.15, -0.1) is 0 Å². The highest BCUT2D eigenvalue weighted by atomic mass is 16.6. The van der Waals surface area contributed by atoms with E-state index in [-0.39, 0.29) is 25.2 Å². The molecule has 0 aliphatic rings. The summed E-state index contributed by atoms with van der Waals surface area (Å²) in [6.07, 6.45) is 70.3. The topological polar surface area (TPSA) is 72.8 Å². The smallest absolute Gasteiger partial charge is 0.306 e. The van der Waals surface area contributed by atoms with Crippen LogP contribution in [0, 0.1) is 0 Å². The Bertz CT molecular complexity index is 1070. The second-order valence-corrected chi connectivity index (χ2v) is 17.9. The quantitative estimate of drug-likeness (QED) is 0.0375. The van der Waals surface area contributed by atoms with Gasteiger partial charge in [0.15, 0.2) is 6.10 Å². The van der Waals surface area contributed by atoms with Gasteiger partial charge in [-0.2, -0.15) is 0 Å². The molecule has 0 saturated carbocycles. The molecular weight excluding hydrogens is 765 g/mol. The van der Waals surface area contributed by atoms with Crippen LogP contribution in [-0.4, -0.2) is 36.4 Å². The number of allylic oxidation sites excluding steroid dienone is 10. The average Bonchev–Trinajstić information content (AvgIpc) is 3.28. The maximum absolute atomic E-state index is 12.3. The van der Waals surface area contributed by atoms with Crippen molar-refractivity contribution in [3.05, 3.63) is 60.8 Å². The lowest BCUT2D eigenvalue weighted by molar-refractivity contribution is -0.161. The minimum absolute atomic E-state index is 0.0713. The Hall–Kier alpha value is -2.40. The van der Waals surface area contributed by atoms with E-state index in [9.17, 15) is 14.7 Å². The molecule has 0 aliphatic carbocycles. The minimum Gasteiger partial charge on any atom is -0.462 e. The molecule has 0 fully saturated rings. The molecule has 0 heterocycles. The predicted octanol–water partition coefficient (Wildman–Crippen LogP) is 17.9. The third kappa shape index (κ3) is 50.2. The van der Waals surface area contributed by atoms with Gasteiger partial charge in [0.05, 0.1) is 6.61 Å². The molecule has 5 nitrogen and oxygen atoms in total. The monoisotopic (exact) mass is 867 g/mol. The Morgan fingerprint density at radius 3 is 0.968 bits per heavy atom. The molecular formula is C57H102O5. The molecule has 0 amide bonds. The first kappa shape index (κ1) is 59.6. The van der Waals surface area contributed by atoms with Gasteiger partial charge in [-0.25, -0.2) is 0 Å². The van der Waals surface area contributed by atoms with Gasteiger partial charge in [0, 0.05) is 12.8 Å². The molecule has 1 atom stereocenters. The van der Waals surface area contributed by atoms with Gasteiger partial charge in [0.25, 0.3) is 0 Å². The summed E-state index contributed by atoms with van der Waals surface area (Å²) in [6.45, 7) is 4.13. The Balaban J connectivity index is 3.50. The van der Waals surface area contributed by atoms with Crippen LogP contribution in [0.1, 0.15) is 271 Å². The molecule has 62 heavy (non-hydrogen) atoms. The molecule has 0 aromatic rings. The summed E-state index contributed by atoms with van der Waals surface area (Å²) in [5.74, 6) is -0.598. The lowest BCUT2D eigenvalue weighted by Gasteiger charge is -2.15. The van der Waals surface area contributed by atoms with Crippen molar-refractivity contribution in [2.24, 2.45) is 0 Å². The van der Waals surface area contributed by atoms with Crippen molar-refractivity contribution >= 4 is 11.9 Å². The van der Waals surface area contributed by atoms with Gasteiger partial charge in [-0.1, -0.05) is 235 Å². The SMILES string of the molecule is CCCCCCC/C=C\C/C=C\C/C=C\CCCCCCCCC(=O)OC(CO)COC(=O)CCCCCCCCCCCCCCCCC/C=C\C/C=C\CCCCCCC. The standard InChI is InChI=1S/C57H102O5/c1-3-5-7-9-11-13-15-17-19-21-23-25-26-27-28-29-30-32-33-35-37-39-41-43-45-47-49-51-56(59)61-54-55(53-58)62-57(60)52-50-48-46-44-42-40-38-36-34-31-24-22-20-18-16-14-12-10-8-6-4-2/h15-18,21-24,34,36,55,58H,3-14,19-20,25-33,35,37-54H2,1-2H3/b17-15-,18-16-,23-21-,24-22-,36-34-. The van der Waals surface area contributed by atoms with Gasteiger partial charge in [-0.3, -0.25) is 9.59 Å². The molecule has 0 radical (unpaired) electrons. The van der Waals surface area contributed by atoms with Crippen molar-refractivity contribution in [1.82, 2.24) is 0 Å². The zero-order chi connectivity index (χ0) is 44.9. The van der Waals surface area contributed by atoms with Crippen LogP contribution in [0.15, 0.2) is 60.8 Å². The normalized spacial score (nSPS) is 12.6. The third-order valence-electron chi connectivity index (χ3n) is 11.8. The maximum Gasteiger partial charge on any atom is 0.306 e. The number of carbonyl (C=O) groups excluding carboxylic acids is 2. The Labute approximate surface area is 385 Å². The number of hydrogen-bond acceptors (Lipinski definition) is 5. The first-order valence-corrected chi connectivity index (χ1v) is 26.8. The summed E-state index contributed by atoms with van der Waals surface area (Å²) < 4.78 is 10.7. The van der Waals surface area contributed by atoms with E-state index in [0.29, 0.717) is 12.8 Å². The molecule has 0 bridgehead atoms. The minimum atomic E-state index is -0.781. The fourth-order valence-electron chi connectivity index (χ4n) is 7.71. The number of aliphatic hydroxyl groups is 1. The lowest BCUT2D eigenvalue weighted by Crippen LogP contribution is -2.28. The van der Waals surface area contributed by atoms with Crippen molar-refractivity contribution in [3.63, 3.8) is 0 Å². The van der Waals surface area contributed by atoms with Crippen LogP contribution in [0.4, 0.5) is 0 Å². The van der Waals surface area contributed by atoms with E-state index in [4.69, 9.17) is 9.47 Å². The summed E-state index contributed by atoms with van der Waals surface area (Å²) in [5.41, 5.74) is 0. The van der Waals surface area contributed by atoms with E-state index in [1.54, 1.807) is 0 Å². The lowest BCUT2D eigenvalue weighted by atomic mass is 10.0. The number of hydrogen-bond donors (Lipinski definition) is 1. The number of esters is 2. The van der Waals surface area contributed by atoms with Crippen LogP contribution in [0.3, 0.4) is 0 Å². The van der Waals surface area contributed by atoms with Crippen LogP contribution in [0.25, 0.3) is 0 Å². The molecule has 1 unspecified atom stereocenters. The molecule has 1 N–H and O–H groups in total. The van der Waals surface area contributed by atoms with Crippen LogP contribution in [-0.2, 0) is 19.1 Å². The van der Waals surface area contributed by atoms with Crippen molar-refractivity contribution in [3.8, 4) is 0 Å². The zero-order valence-electron chi connectivity index (χ0n) is 41.1. The Morgan fingerprint density at radius 1 is 0.371 bits per heavy atom. The van der Waals surface area contributed by atoms with E-state index in [2.05, 4.69) is 74.6 Å². The summed E-state index contributed by atoms with van der Waals surface area (Å²) in [6, 6.07) is 0. The van der Waals surface area contributed by atoms with Gasteiger partial charge in [0.2, 0.25) is 0 Å². The highest BCUT2D eigenvalue weighted by Gasteiger charge is 2.16. The number of aliphatic hydroxyl groups excluding tert-OH is 1. The van der Waals surface area contributed by atoms with E-state index in [1.807, 2.05) is 0 Å². The van der Waals surface area contributed by atoms with Gasteiger partial charge in [-0.05, 0) is 83.5 Å². The van der Waals surface area contributed by atoms with Crippen LogP contribution in [0.2, 0.25) is 0 Å². The fourth-order valence-corrected chi connectivity index (χ4v) is 7.71. The second kappa shape index (κ2) is 52.9. The third-order valence-corrected chi connectivity index (χ3v) is 11.8. The van der Waals surface area contributed by atoms with Crippen molar-refractivity contribution in [1.29, 1.82) is 0 Å².